The van der Waals surface area contributed by atoms with Gasteiger partial charge in [-0.15, -0.1) is 0 Å². The quantitative estimate of drug-likeness (QED) is 0.638. The van der Waals surface area contributed by atoms with Crippen molar-refractivity contribution in [3.8, 4) is 0 Å². The molecule has 1 aromatic rings. The first-order valence-electron chi connectivity index (χ1n) is 4.91. The topological polar surface area (TPSA) is 12.0 Å². The zero-order valence-corrected chi connectivity index (χ0v) is 8.65. The van der Waals surface area contributed by atoms with Gasteiger partial charge in [0.15, 0.2) is 0 Å². The second-order valence-electron chi connectivity index (χ2n) is 4.63. The molecule has 0 aromatic heterocycles. The van der Waals surface area contributed by atoms with Crippen LogP contribution >= 0.6 is 0 Å². The van der Waals surface area contributed by atoms with E-state index in [9.17, 15) is 0 Å². The van der Waals surface area contributed by atoms with Gasteiger partial charge in [-0.25, -0.2) is 0 Å². The van der Waals surface area contributed by atoms with Crippen molar-refractivity contribution in [3.63, 3.8) is 0 Å². The molecule has 0 bridgehead atoms. The molecule has 1 aliphatic rings. The van der Waals surface area contributed by atoms with Crippen molar-refractivity contribution in [1.29, 1.82) is 0 Å². The van der Waals surface area contributed by atoms with E-state index in [1.54, 1.807) is 0 Å². The van der Waals surface area contributed by atoms with E-state index in [2.05, 4.69) is 44.3 Å². The molecule has 0 aliphatic carbocycles. The Morgan fingerprint density at radius 3 is 2.85 bits per heavy atom. The Morgan fingerprint density at radius 1 is 1.31 bits per heavy atom. The maximum absolute atomic E-state index is 3.56. The maximum Gasteiger partial charge on any atom is 0.0215 e. The Kier molecular flexibility index (Phi) is 1.92. The Balaban J connectivity index is 2.42. The molecule has 0 saturated carbocycles. The number of fused-ring (bicyclic) bond motifs is 1. The summed E-state index contributed by atoms with van der Waals surface area (Å²) in [6, 6.07) is 6.61. The molecule has 1 aliphatic heterocycles. The zero-order valence-electron chi connectivity index (χ0n) is 8.65. The van der Waals surface area contributed by atoms with Crippen molar-refractivity contribution in [1.82, 2.24) is 5.32 Å². The van der Waals surface area contributed by atoms with Gasteiger partial charge in [0.05, 0.1) is 0 Å². The second-order valence-corrected chi connectivity index (χ2v) is 4.63. The third kappa shape index (κ3) is 1.61. The molecule has 1 nitrogen and oxygen atoms in total. The summed E-state index contributed by atoms with van der Waals surface area (Å²) in [5, 5.41) is 3.56. The largest absolute Gasteiger partial charge is 0.307 e. The molecule has 2 rings (SSSR count). The molecular formula is C12H17N. The Hall–Kier alpha value is -0.820. The van der Waals surface area contributed by atoms with Crippen molar-refractivity contribution in [2.75, 3.05) is 0 Å². The fourth-order valence-electron chi connectivity index (χ4n) is 2.05. The van der Waals surface area contributed by atoms with Gasteiger partial charge < -0.3 is 5.32 Å². The number of benzene rings is 1. The average Bonchev–Trinajstić information content (AvgIpc) is 2.02. The van der Waals surface area contributed by atoms with E-state index in [0.29, 0.717) is 0 Å². The van der Waals surface area contributed by atoms with Crippen molar-refractivity contribution < 1.29 is 0 Å². The Bertz CT molecular complexity index is 326. The molecule has 0 amide bonds. The minimum atomic E-state index is 0.265. The molecule has 1 N–H and O–H groups in total. The molecule has 1 aromatic carbocycles. The van der Waals surface area contributed by atoms with Crippen molar-refractivity contribution in [2.45, 2.75) is 39.3 Å². The van der Waals surface area contributed by atoms with Gasteiger partial charge >= 0.3 is 0 Å². The van der Waals surface area contributed by atoms with Crippen LogP contribution in [0.2, 0.25) is 0 Å². The molecule has 13 heavy (non-hydrogen) atoms. The summed E-state index contributed by atoms with van der Waals surface area (Å²) in [6.07, 6.45) is 1.14. The summed E-state index contributed by atoms with van der Waals surface area (Å²) < 4.78 is 0. The van der Waals surface area contributed by atoms with Gasteiger partial charge in [-0.3, -0.25) is 0 Å². The lowest BCUT2D eigenvalue weighted by atomic mass is 9.86. The lowest BCUT2D eigenvalue weighted by Crippen LogP contribution is -2.44. The molecule has 0 radical (unpaired) electrons. The fourth-order valence-corrected chi connectivity index (χ4v) is 2.05. The SMILES string of the molecule is Cc1cccc2c1CNC(C)(C)C2. The number of aryl methyl sites for hydroxylation is 1. The van der Waals surface area contributed by atoms with E-state index in [1.807, 2.05) is 0 Å². The summed E-state index contributed by atoms with van der Waals surface area (Å²) in [6.45, 7) is 7.74. The van der Waals surface area contributed by atoms with Crippen LogP contribution in [0, 0.1) is 6.92 Å². The minimum absolute atomic E-state index is 0.265. The van der Waals surface area contributed by atoms with Crippen LogP contribution in [0.1, 0.15) is 30.5 Å². The maximum atomic E-state index is 3.56. The summed E-state index contributed by atoms with van der Waals surface area (Å²) in [7, 11) is 0. The van der Waals surface area contributed by atoms with Crippen LogP contribution in [-0.2, 0) is 13.0 Å². The minimum Gasteiger partial charge on any atom is -0.307 e. The summed E-state index contributed by atoms with van der Waals surface area (Å²) in [5.74, 6) is 0. The normalized spacial score (nSPS) is 19.6. The zero-order chi connectivity index (χ0) is 9.47. The van der Waals surface area contributed by atoms with E-state index in [1.165, 1.54) is 16.7 Å². The molecular weight excluding hydrogens is 158 g/mol. The summed E-state index contributed by atoms with van der Waals surface area (Å²) in [4.78, 5) is 0. The molecule has 1 heterocycles. The number of rotatable bonds is 0. The van der Waals surface area contributed by atoms with E-state index in [0.717, 1.165) is 13.0 Å². The van der Waals surface area contributed by atoms with Crippen LogP contribution in [0.25, 0.3) is 0 Å². The predicted molar refractivity (Wildman–Crippen MR) is 55.8 cm³/mol. The molecule has 0 atom stereocenters. The van der Waals surface area contributed by atoms with Gasteiger partial charge in [0.2, 0.25) is 0 Å². The highest BCUT2D eigenvalue weighted by Crippen LogP contribution is 2.24. The highest BCUT2D eigenvalue weighted by atomic mass is 15.0. The number of nitrogens with one attached hydrogen (secondary N) is 1. The van der Waals surface area contributed by atoms with E-state index < -0.39 is 0 Å². The first-order valence-corrected chi connectivity index (χ1v) is 4.91. The number of hydrogen-bond donors (Lipinski definition) is 1. The van der Waals surface area contributed by atoms with E-state index >= 15 is 0 Å². The molecule has 0 fully saturated rings. The van der Waals surface area contributed by atoms with Crippen molar-refractivity contribution in [3.05, 3.63) is 34.9 Å². The van der Waals surface area contributed by atoms with E-state index in [-0.39, 0.29) is 5.54 Å². The lowest BCUT2D eigenvalue weighted by Gasteiger charge is -2.33. The highest BCUT2D eigenvalue weighted by molar-refractivity contribution is 5.37. The monoisotopic (exact) mass is 175 g/mol. The number of hydrogen-bond acceptors (Lipinski definition) is 1. The lowest BCUT2D eigenvalue weighted by molar-refractivity contribution is 0.362. The smallest absolute Gasteiger partial charge is 0.0215 e. The second kappa shape index (κ2) is 2.85. The molecule has 1 heteroatoms. The van der Waals surface area contributed by atoms with Gasteiger partial charge in [-0.2, -0.15) is 0 Å². The third-order valence-electron chi connectivity index (χ3n) is 2.88. The Morgan fingerprint density at radius 2 is 2.08 bits per heavy atom. The summed E-state index contributed by atoms with van der Waals surface area (Å²) >= 11 is 0. The third-order valence-corrected chi connectivity index (χ3v) is 2.88. The molecule has 0 saturated heterocycles. The highest BCUT2D eigenvalue weighted by Gasteiger charge is 2.24. The van der Waals surface area contributed by atoms with Gasteiger partial charge in [-0.1, -0.05) is 18.2 Å². The standard InChI is InChI=1S/C12H17N/c1-9-5-4-6-10-7-12(2,3)13-8-11(9)10/h4-6,13H,7-8H2,1-3H3. The molecule has 0 spiro atoms. The van der Waals surface area contributed by atoms with Gasteiger partial charge in [0, 0.05) is 12.1 Å². The van der Waals surface area contributed by atoms with Crippen LogP contribution in [0.4, 0.5) is 0 Å². The predicted octanol–water partition coefficient (Wildman–Crippen LogP) is 2.42. The van der Waals surface area contributed by atoms with Crippen LogP contribution in [0.15, 0.2) is 18.2 Å². The van der Waals surface area contributed by atoms with Crippen LogP contribution < -0.4 is 5.32 Å². The average molecular weight is 175 g/mol. The van der Waals surface area contributed by atoms with Gasteiger partial charge in [-0.05, 0) is 43.9 Å². The van der Waals surface area contributed by atoms with Crippen LogP contribution in [0.5, 0.6) is 0 Å². The van der Waals surface area contributed by atoms with Gasteiger partial charge in [0.25, 0.3) is 0 Å². The van der Waals surface area contributed by atoms with Crippen molar-refractivity contribution in [2.24, 2.45) is 0 Å². The molecule has 0 unspecified atom stereocenters. The van der Waals surface area contributed by atoms with Gasteiger partial charge in [0.1, 0.15) is 0 Å². The van der Waals surface area contributed by atoms with Crippen molar-refractivity contribution >= 4 is 0 Å². The van der Waals surface area contributed by atoms with Crippen LogP contribution in [0.3, 0.4) is 0 Å². The first-order chi connectivity index (χ1) is 6.08. The first kappa shape index (κ1) is 8.76. The van der Waals surface area contributed by atoms with Crippen LogP contribution in [-0.4, -0.2) is 5.54 Å². The Labute approximate surface area is 80.2 Å². The fraction of sp³-hybridized carbons (Fsp3) is 0.500. The molecule has 70 valence electrons. The summed E-state index contributed by atoms with van der Waals surface area (Å²) in [5.41, 5.74) is 4.70. The van der Waals surface area contributed by atoms with E-state index in [4.69, 9.17) is 0 Å².